The first-order chi connectivity index (χ1) is 9.74. The average Bonchev–Trinajstić information content (AvgIpc) is 2.48. The van der Waals surface area contributed by atoms with E-state index in [9.17, 15) is 9.59 Å². The Morgan fingerprint density at radius 3 is 2.75 bits per heavy atom. The van der Waals surface area contributed by atoms with Gasteiger partial charge in [0.05, 0.1) is 12.2 Å². The summed E-state index contributed by atoms with van der Waals surface area (Å²) in [5.41, 5.74) is 1.41. The van der Waals surface area contributed by atoms with Crippen molar-refractivity contribution >= 4 is 16.7 Å². The summed E-state index contributed by atoms with van der Waals surface area (Å²) in [5.74, 6) is -0.325. The predicted molar refractivity (Wildman–Crippen MR) is 77.1 cm³/mol. The molecule has 0 saturated heterocycles. The Hall–Kier alpha value is -2.10. The number of hydrogen-bond donors (Lipinski definition) is 0. The van der Waals surface area contributed by atoms with E-state index in [0.717, 1.165) is 25.0 Å². The standard InChI is InChI=1S/C16H17NO3/c1-2-20-16(19)14-11-7-3-4-8-12(11)15(18)17-10-6-5-9-13(14)17/h3-4,7-8H,2,5-6,9-10H2,1H3. The van der Waals surface area contributed by atoms with Crippen LogP contribution < -0.4 is 5.56 Å². The van der Waals surface area contributed by atoms with Crippen molar-refractivity contribution in [2.75, 3.05) is 6.61 Å². The minimum Gasteiger partial charge on any atom is -0.462 e. The zero-order valence-electron chi connectivity index (χ0n) is 11.5. The van der Waals surface area contributed by atoms with Crippen molar-refractivity contribution in [2.45, 2.75) is 32.7 Å². The Kier molecular flexibility index (Phi) is 3.30. The van der Waals surface area contributed by atoms with Crippen molar-refractivity contribution < 1.29 is 9.53 Å². The number of hydrogen-bond acceptors (Lipinski definition) is 3. The minimum absolute atomic E-state index is 0.00310. The van der Waals surface area contributed by atoms with Gasteiger partial charge in [-0.3, -0.25) is 4.79 Å². The van der Waals surface area contributed by atoms with E-state index in [1.807, 2.05) is 18.2 Å². The lowest BCUT2D eigenvalue weighted by Gasteiger charge is -2.22. The maximum absolute atomic E-state index is 12.5. The summed E-state index contributed by atoms with van der Waals surface area (Å²) in [6, 6.07) is 7.29. The number of rotatable bonds is 2. The van der Waals surface area contributed by atoms with Crippen LogP contribution in [0.5, 0.6) is 0 Å². The van der Waals surface area contributed by atoms with Crippen LogP contribution in [-0.2, 0) is 17.7 Å². The van der Waals surface area contributed by atoms with Crippen LogP contribution in [0.1, 0.15) is 35.8 Å². The van der Waals surface area contributed by atoms with E-state index in [0.29, 0.717) is 29.5 Å². The Bertz CT molecular complexity index is 730. The van der Waals surface area contributed by atoms with Crippen molar-refractivity contribution in [1.29, 1.82) is 0 Å². The van der Waals surface area contributed by atoms with E-state index in [4.69, 9.17) is 4.74 Å². The number of pyridine rings is 1. The summed E-state index contributed by atoms with van der Waals surface area (Å²) >= 11 is 0. The van der Waals surface area contributed by atoms with Crippen LogP contribution in [0.2, 0.25) is 0 Å². The molecular formula is C16H17NO3. The van der Waals surface area contributed by atoms with Gasteiger partial charge in [-0.25, -0.2) is 4.79 Å². The molecule has 1 aliphatic rings. The van der Waals surface area contributed by atoms with Crippen molar-refractivity contribution in [3.05, 3.63) is 45.9 Å². The zero-order chi connectivity index (χ0) is 14.1. The molecule has 4 nitrogen and oxygen atoms in total. The second kappa shape index (κ2) is 5.12. The minimum atomic E-state index is -0.325. The fourth-order valence-electron chi connectivity index (χ4n) is 2.94. The van der Waals surface area contributed by atoms with Crippen molar-refractivity contribution in [3.63, 3.8) is 0 Å². The number of aromatic nitrogens is 1. The van der Waals surface area contributed by atoms with Crippen LogP contribution in [0.3, 0.4) is 0 Å². The van der Waals surface area contributed by atoms with E-state index in [-0.39, 0.29) is 11.5 Å². The Balaban J connectivity index is 2.38. The lowest BCUT2D eigenvalue weighted by atomic mass is 9.98. The molecule has 0 unspecified atom stereocenters. The van der Waals surface area contributed by atoms with Crippen LogP contribution in [0.4, 0.5) is 0 Å². The van der Waals surface area contributed by atoms with Gasteiger partial charge >= 0.3 is 5.97 Å². The van der Waals surface area contributed by atoms with Gasteiger partial charge < -0.3 is 9.30 Å². The number of carbonyl (C=O) groups excluding carboxylic acids is 1. The molecule has 1 aromatic heterocycles. The number of fused-ring (bicyclic) bond motifs is 2. The maximum Gasteiger partial charge on any atom is 0.340 e. The smallest absolute Gasteiger partial charge is 0.340 e. The molecule has 20 heavy (non-hydrogen) atoms. The Morgan fingerprint density at radius 2 is 2.00 bits per heavy atom. The van der Waals surface area contributed by atoms with E-state index in [1.54, 1.807) is 17.6 Å². The molecule has 2 heterocycles. The van der Waals surface area contributed by atoms with Crippen LogP contribution >= 0.6 is 0 Å². The monoisotopic (exact) mass is 271 g/mol. The number of ether oxygens (including phenoxy) is 1. The molecule has 1 aliphatic heterocycles. The second-order valence-corrected chi connectivity index (χ2v) is 5.00. The third-order valence-electron chi connectivity index (χ3n) is 3.81. The number of nitrogens with zero attached hydrogens (tertiary/aromatic N) is 1. The van der Waals surface area contributed by atoms with Gasteiger partial charge in [-0.1, -0.05) is 18.2 Å². The third kappa shape index (κ3) is 1.92. The summed E-state index contributed by atoms with van der Waals surface area (Å²) < 4.78 is 6.94. The highest BCUT2D eigenvalue weighted by Gasteiger charge is 2.23. The molecule has 0 fully saturated rings. The second-order valence-electron chi connectivity index (χ2n) is 5.00. The van der Waals surface area contributed by atoms with Gasteiger partial charge in [0.1, 0.15) is 0 Å². The number of carbonyl (C=O) groups is 1. The molecule has 0 atom stereocenters. The van der Waals surface area contributed by atoms with E-state index in [1.165, 1.54) is 0 Å². The molecule has 0 bridgehead atoms. The van der Waals surface area contributed by atoms with Gasteiger partial charge in [-0.15, -0.1) is 0 Å². The lowest BCUT2D eigenvalue weighted by molar-refractivity contribution is 0.0525. The first-order valence-corrected chi connectivity index (χ1v) is 7.05. The zero-order valence-corrected chi connectivity index (χ0v) is 11.5. The highest BCUT2D eigenvalue weighted by atomic mass is 16.5. The molecule has 0 radical (unpaired) electrons. The van der Waals surface area contributed by atoms with Gasteiger partial charge in [-0.05, 0) is 32.3 Å². The van der Waals surface area contributed by atoms with Crippen LogP contribution in [0, 0.1) is 0 Å². The van der Waals surface area contributed by atoms with Crippen LogP contribution in [-0.4, -0.2) is 17.1 Å². The fraction of sp³-hybridized carbons (Fsp3) is 0.375. The molecule has 1 aromatic carbocycles. The van der Waals surface area contributed by atoms with Crippen molar-refractivity contribution in [3.8, 4) is 0 Å². The molecule has 0 N–H and O–H groups in total. The topological polar surface area (TPSA) is 48.3 Å². The van der Waals surface area contributed by atoms with Crippen molar-refractivity contribution in [2.24, 2.45) is 0 Å². The van der Waals surface area contributed by atoms with E-state index in [2.05, 4.69) is 0 Å². The summed E-state index contributed by atoms with van der Waals surface area (Å²) in [7, 11) is 0. The van der Waals surface area contributed by atoms with Gasteiger partial charge in [0.15, 0.2) is 0 Å². The quantitative estimate of drug-likeness (QED) is 0.788. The van der Waals surface area contributed by atoms with E-state index >= 15 is 0 Å². The SMILES string of the molecule is CCOC(=O)c1c2n(c(=O)c3ccccc13)CCCC2. The average molecular weight is 271 g/mol. The molecule has 0 spiro atoms. The summed E-state index contributed by atoms with van der Waals surface area (Å²) in [6.07, 6.45) is 2.74. The lowest BCUT2D eigenvalue weighted by Crippen LogP contribution is -2.30. The van der Waals surface area contributed by atoms with Crippen LogP contribution in [0.15, 0.2) is 29.1 Å². The molecule has 2 aromatic rings. The maximum atomic E-state index is 12.5. The third-order valence-corrected chi connectivity index (χ3v) is 3.81. The molecule has 4 heteroatoms. The summed E-state index contributed by atoms with van der Waals surface area (Å²) in [6.45, 7) is 2.82. The number of esters is 1. The van der Waals surface area contributed by atoms with Gasteiger partial charge in [0.25, 0.3) is 5.56 Å². The molecule has 104 valence electrons. The normalized spacial score (nSPS) is 14.1. The largest absolute Gasteiger partial charge is 0.462 e. The summed E-state index contributed by atoms with van der Waals surface area (Å²) in [5, 5.41) is 1.31. The highest BCUT2D eigenvalue weighted by Crippen LogP contribution is 2.25. The predicted octanol–water partition coefficient (Wildman–Crippen LogP) is 2.51. The fourth-order valence-corrected chi connectivity index (χ4v) is 2.94. The first kappa shape index (κ1) is 12.9. The molecular weight excluding hydrogens is 254 g/mol. The molecule has 0 amide bonds. The highest BCUT2D eigenvalue weighted by molar-refractivity contribution is 6.05. The molecule has 3 rings (SSSR count). The molecule has 0 saturated carbocycles. The van der Waals surface area contributed by atoms with Crippen LogP contribution in [0.25, 0.3) is 10.8 Å². The van der Waals surface area contributed by atoms with Gasteiger partial charge in [-0.2, -0.15) is 0 Å². The molecule has 0 aliphatic carbocycles. The number of benzene rings is 1. The van der Waals surface area contributed by atoms with Gasteiger partial charge in [0, 0.05) is 23.0 Å². The van der Waals surface area contributed by atoms with Crippen molar-refractivity contribution in [1.82, 2.24) is 4.57 Å². The first-order valence-electron chi connectivity index (χ1n) is 7.05. The van der Waals surface area contributed by atoms with Gasteiger partial charge in [0.2, 0.25) is 0 Å². The summed E-state index contributed by atoms with van der Waals surface area (Å²) in [4.78, 5) is 24.8. The van der Waals surface area contributed by atoms with E-state index < -0.39 is 0 Å². The Morgan fingerprint density at radius 1 is 1.25 bits per heavy atom. The Labute approximate surface area is 117 Å².